The second kappa shape index (κ2) is 8.51. The number of carbonyl (C=O) groups is 2. The molecular formula is C22H28N4O3. The van der Waals surface area contributed by atoms with E-state index in [0.717, 1.165) is 24.5 Å². The van der Waals surface area contributed by atoms with Gasteiger partial charge in [-0.25, -0.2) is 4.98 Å². The number of piperazine rings is 1. The topological polar surface area (TPSA) is 74.8 Å². The van der Waals surface area contributed by atoms with Gasteiger partial charge in [-0.1, -0.05) is 6.07 Å². The number of nitrogens with zero attached hydrogens (tertiary/aromatic N) is 3. The molecule has 3 rings (SSSR count). The maximum absolute atomic E-state index is 12.9. The first-order valence-corrected chi connectivity index (χ1v) is 9.75. The summed E-state index contributed by atoms with van der Waals surface area (Å²) in [7, 11) is 1.65. The lowest BCUT2D eigenvalue weighted by Gasteiger charge is -2.36. The van der Waals surface area contributed by atoms with Crippen molar-refractivity contribution in [1.29, 1.82) is 0 Å². The quantitative estimate of drug-likeness (QED) is 0.860. The third kappa shape index (κ3) is 5.25. The van der Waals surface area contributed by atoms with E-state index >= 15 is 0 Å². The fraction of sp³-hybridized carbons (Fsp3) is 0.409. The summed E-state index contributed by atoms with van der Waals surface area (Å²) in [5.41, 5.74) is 1.29. The first kappa shape index (κ1) is 20.6. The number of ether oxygens (including phenoxy) is 1. The number of hydrogen-bond donors (Lipinski definition) is 1. The monoisotopic (exact) mass is 396 g/mol. The molecule has 7 nitrogen and oxygen atoms in total. The van der Waals surface area contributed by atoms with Crippen LogP contribution in [-0.4, -0.2) is 60.5 Å². The van der Waals surface area contributed by atoms with E-state index in [1.54, 1.807) is 30.2 Å². The van der Waals surface area contributed by atoms with Crippen molar-refractivity contribution in [3.8, 4) is 5.75 Å². The van der Waals surface area contributed by atoms with Crippen molar-refractivity contribution in [2.24, 2.45) is 0 Å². The number of aromatic nitrogens is 1. The van der Waals surface area contributed by atoms with Crippen LogP contribution in [0, 0.1) is 0 Å². The standard InChI is InChI=1S/C22H28N4O3/c1-22(2,3)24-20(27)18-6-5-7-19(23-18)21(28)26-14-12-25(13-15-26)16-8-10-17(29-4)11-9-16/h5-11H,12-15H2,1-4H3,(H,24,27). The molecule has 1 aromatic heterocycles. The van der Waals surface area contributed by atoms with Gasteiger partial charge < -0.3 is 19.9 Å². The Morgan fingerprint density at radius 3 is 2.17 bits per heavy atom. The molecule has 29 heavy (non-hydrogen) atoms. The molecule has 2 amide bonds. The van der Waals surface area contributed by atoms with Gasteiger partial charge in [0.05, 0.1) is 7.11 Å². The van der Waals surface area contributed by atoms with E-state index in [2.05, 4.69) is 15.2 Å². The minimum absolute atomic E-state index is 0.148. The van der Waals surface area contributed by atoms with Crippen LogP contribution in [0.1, 0.15) is 41.7 Å². The number of amides is 2. The molecule has 7 heteroatoms. The summed E-state index contributed by atoms with van der Waals surface area (Å²) in [6.45, 7) is 8.40. The molecule has 0 atom stereocenters. The zero-order valence-electron chi connectivity index (χ0n) is 17.4. The molecule has 1 aromatic carbocycles. The molecule has 0 saturated carbocycles. The molecular weight excluding hydrogens is 368 g/mol. The number of benzene rings is 1. The lowest BCUT2D eigenvalue weighted by molar-refractivity contribution is 0.0740. The molecule has 1 saturated heterocycles. The van der Waals surface area contributed by atoms with Crippen LogP contribution in [0.4, 0.5) is 5.69 Å². The number of nitrogens with one attached hydrogen (secondary N) is 1. The molecule has 1 aliphatic heterocycles. The number of methoxy groups -OCH3 is 1. The number of anilines is 1. The number of carbonyl (C=O) groups excluding carboxylic acids is 2. The Labute approximate surface area is 171 Å². The van der Waals surface area contributed by atoms with Crippen LogP contribution in [-0.2, 0) is 0 Å². The Morgan fingerprint density at radius 1 is 0.966 bits per heavy atom. The Balaban J connectivity index is 1.63. The van der Waals surface area contributed by atoms with Crippen molar-refractivity contribution in [1.82, 2.24) is 15.2 Å². The minimum atomic E-state index is -0.365. The van der Waals surface area contributed by atoms with Crippen molar-refractivity contribution >= 4 is 17.5 Å². The second-order valence-corrected chi connectivity index (χ2v) is 8.09. The van der Waals surface area contributed by atoms with E-state index in [1.165, 1.54) is 0 Å². The average Bonchev–Trinajstić information content (AvgIpc) is 2.72. The Kier molecular flexibility index (Phi) is 6.06. The summed E-state index contributed by atoms with van der Waals surface area (Å²) in [5, 5.41) is 2.87. The van der Waals surface area contributed by atoms with Crippen LogP contribution in [0.2, 0.25) is 0 Å². The van der Waals surface area contributed by atoms with Gasteiger partial charge in [-0.15, -0.1) is 0 Å². The van der Waals surface area contributed by atoms with Crippen molar-refractivity contribution in [3.05, 3.63) is 53.9 Å². The maximum atomic E-state index is 12.9. The first-order chi connectivity index (χ1) is 13.8. The highest BCUT2D eigenvalue weighted by Crippen LogP contribution is 2.21. The summed E-state index contributed by atoms with van der Waals surface area (Å²) in [5.74, 6) is 0.394. The van der Waals surface area contributed by atoms with E-state index in [1.807, 2.05) is 45.0 Å². The largest absolute Gasteiger partial charge is 0.497 e. The molecule has 2 heterocycles. The van der Waals surface area contributed by atoms with Gasteiger partial charge in [0.15, 0.2) is 0 Å². The Hall–Kier alpha value is -3.09. The summed E-state index contributed by atoms with van der Waals surface area (Å²) in [4.78, 5) is 33.5. The first-order valence-electron chi connectivity index (χ1n) is 9.75. The van der Waals surface area contributed by atoms with Crippen LogP contribution < -0.4 is 15.0 Å². The van der Waals surface area contributed by atoms with Crippen LogP contribution in [0.3, 0.4) is 0 Å². The van der Waals surface area contributed by atoms with Crippen LogP contribution >= 0.6 is 0 Å². The van der Waals surface area contributed by atoms with Gasteiger partial charge in [-0.2, -0.15) is 0 Å². The zero-order chi connectivity index (χ0) is 21.0. The molecule has 0 spiro atoms. The molecule has 154 valence electrons. The van der Waals surface area contributed by atoms with Crippen LogP contribution in [0.15, 0.2) is 42.5 Å². The zero-order valence-corrected chi connectivity index (χ0v) is 17.4. The third-order valence-corrected chi connectivity index (χ3v) is 4.69. The number of hydrogen-bond acceptors (Lipinski definition) is 5. The van der Waals surface area contributed by atoms with Gasteiger partial charge in [-0.3, -0.25) is 9.59 Å². The molecule has 1 aliphatic rings. The van der Waals surface area contributed by atoms with Gasteiger partial charge in [0.25, 0.3) is 11.8 Å². The lowest BCUT2D eigenvalue weighted by Crippen LogP contribution is -2.49. The summed E-state index contributed by atoms with van der Waals surface area (Å²) in [6, 6.07) is 12.9. The number of rotatable bonds is 4. The van der Waals surface area contributed by atoms with E-state index in [4.69, 9.17) is 4.74 Å². The van der Waals surface area contributed by atoms with Crippen molar-refractivity contribution in [2.45, 2.75) is 26.3 Å². The predicted octanol–water partition coefficient (Wildman–Crippen LogP) is 2.58. The molecule has 2 aromatic rings. The lowest BCUT2D eigenvalue weighted by atomic mass is 10.1. The van der Waals surface area contributed by atoms with E-state index < -0.39 is 0 Å². The molecule has 0 bridgehead atoms. The molecule has 0 radical (unpaired) electrons. The van der Waals surface area contributed by atoms with Gasteiger partial charge in [-0.05, 0) is 57.2 Å². The molecule has 1 N–H and O–H groups in total. The normalized spacial score (nSPS) is 14.5. The van der Waals surface area contributed by atoms with E-state index in [0.29, 0.717) is 18.8 Å². The van der Waals surface area contributed by atoms with Crippen LogP contribution in [0.5, 0.6) is 5.75 Å². The van der Waals surface area contributed by atoms with E-state index in [-0.39, 0.29) is 23.0 Å². The maximum Gasteiger partial charge on any atom is 0.272 e. The van der Waals surface area contributed by atoms with Crippen LogP contribution in [0.25, 0.3) is 0 Å². The number of pyridine rings is 1. The van der Waals surface area contributed by atoms with Gasteiger partial charge in [0, 0.05) is 37.4 Å². The fourth-order valence-corrected chi connectivity index (χ4v) is 3.21. The highest BCUT2D eigenvalue weighted by molar-refractivity contribution is 5.96. The summed E-state index contributed by atoms with van der Waals surface area (Å²) < 4.78 is 5.20. The Morgan fingerprint density at radius 2 is 1.59 bits per heavy atom. The predicted molar refractivity (Wildman–Crippen MR) is 113 cm³/mol. The van der Waals surface area contributed by atoms with Gasteiger partial charge >= 0.3 is 0 Å². The molecule has 0 aliphatic carbocycles. The smallest absolute Gasteiger partial charge is 0.272 e. The van der Waals surface area contributed by atoms with Gasteiger partial charge in [0.2, 0.25) is 0 Å². The third-order valence-electron chi connectivity index (χ3n) is 4.69. The van der Waals surface area contributed by atoms with Crippen molar-refractivity contribution in [3.63, 3.8) is 0 Å². The SMILES string of the molecule is COc1ccc(N2CCN(C(=O)c3cccc(C(=O)NC(C)(C)C)n3)CC2)cc1. The highest BCUT2D eigenvalue weighted by Gasteiger charge is 2.24. The van der Waals surface area contributed by atoms with Gasteiger partial charge in [0.1, 0.15) is 17.1 Å². The van der Waals surface area contributed by atoms with Crippen molar-refractivity contribution < 1.29 is 14.3 Å². The molecule has 0 unspecified atom stereocenters. The van der Waals surface area contributed by atoms with Crippen molar-refractivity contribution in [2.75, 3.05) is 38.2 Å². The highest BCUT2D eigenvalue weighted by atomic mass is 16.5. The average molecular weight is 396 g/mol. The summed E-state index contributed by atoms with van der Waals surface area (Å²) >= 11 is 0. The Bertz CT molecular complexity index is 866. The second-order valence-electron chi connectivity index (χ2n) is 8.09. The molecule has 1 fully saturated rings. The minimum Gasteiger partial charge on any atom is -0.497 e. The fourth-order valence-electron chi connectivity index (χ4n) is 3.21. The van der Waals surface area contributed by atoms with E-state index in [9.17, 15) is 9.59 Å². The summed E-state index contributed by atoms with van der Waals surface area (Å²) in [6.07, 6.45) is 0.